The van der Waals surface area contributed by atoms with Crippen molar-refractivity contribution < 1.29 is 9.90 Å². The Morgan fingerprint density at radius 2 is 1.62 bits per heavy atom. The molecule has 1 N–H and O–H groups in total. The summed E-state index contributed by atoms with van der Waals surface area (Å²) in [5, 5.41) is 9.17. The normalized spacial score (nSPS) is 17.1. The van der Waals surface area contributed by atoms with Crippen LogP contribution in [0.15, 0.2) is 60.7 Å². The Morgan fingerprint density at radius 1 is 1.05 bits per heavy atom. The number of hydrogen-bond acceptors (Lipinski definition) is 2. The average Bonchev–Trinajstić information content (AvgIpc) is 2.46. The van der Waals surface area contributed by atoms with Gasteiger partial charge in [0.2, 0.25) is 0 Å². The topological polar surface area (TPSA) is 40.5 Å². The van der Waals surface area contributed by atoms with Gasteiger partial charge in [0.15, 0.2) is 0 Å². The molecule has 2 aromatic rings. The summed E-state index contributed by atoms with van der Waals surface area (Å²) in [6.07, 6.45) is 0.158. The first-order valence-electron chi connectivity index (χ1n) is 7.30. The molecule has 3 nitrogen and oxygen atoms in total. The summed E-state index contributed by atoms with van der Waals surface area (Å²) < 4.78 is 0. The fourth-order valence-electron chi connectivity index (χ4n) is 3.00. The predicted molar refractivity (Wildman–Crippen MR) is 82.2 cm³/mol. The van der Waals surface area contributed by atoms with Gasteiger partial charge in [-0.15, -0.1) is 0 Å². The summed E-state index contributed by atoms with van der Waals surface area (Å²) in [6, 6.07) is 20.4. The van der Waals surface area contributed by atoms with Crippen LogP contribution in [-0.4, -0.2) is 29.1 Å². The van der Waals surface area contributed by atoms with Crippen molar-refractivity contribution in [2.45, 2.75) is 18.4 Å². The van der Waals surface area contributed by atoms with Gasteiger partial charge in [-0.1, -0.05) is 60.7 Å². The molecule has 108 valence electrons. The molecular weight excluding hydrogens is 262 g/mol. The molecule has 0 aliphatic carbocycles. The van der Waals surface area contributed by atoms with E-state index in [0.717, 1.165) is 18.7 Å². The smallest absolute Gasteiger partial charge is 0.305 e. The summed E-state index contributed by atoms with van der Waals surface area (Å²) in [7, 11) is 0. The fourth-order valence-corrected chi connectivity index (χ4v) is 3.00. The molecule has 1 unspecified atom stereocenters. The lowest BCUT2D eigenvalue weighted by molar-refractivity contribution is -0.139. The lowest BCUT2D eigenvalue weighted by atomic mass is 9.88. The molecule has 0 spiro atoms. The maximum absolute atomic E-state index is 11.2. The average molecular weight is 281 g/mol. The number of hydrogen-bond donors (Lipinski definition) is 1. The highest BCUT2D eigenvalue weighted by molar-refractivity contribution is 5.68. The molecule has 0 radical (unpaired) electrons. The van der Waals surface area contributed by atoms with E-state index in [1.807, 2.05) is 36.4 Å². The first-order valence-corrected chi connectivity index (χ1v) is 7.30. The molecule has 1 aliphatic rings. The number of likely N-dealkylation sites (tertiary alicyclic amines) is 1. The zero-order chi connectivity index (χ0) is 14.7. The van der Waals surface area contributed by atoms with E-state index in [1.54, 1.807) is 0 Å². The standard InChI is InChI=1S/C18H19NO2/c20-18(21)11-17(15-9-5-2-6-10-15)19-12-16(13-19)14-7-3-1-4-8-14/h1-10,16-17H,11-13H2,(H,20,21). The zero-order valence-electron chi connectivity index (χ0n) is 11.9. The molecule has 3 heteroatoms. The van der Waals surface area contributed by atoms with Crippen molar-refractivity contribution in [3.8, 4) is 0 Å². The van der Waals surface area contributed by atoms with Crippen LogP contribution in [0, 0.1) is 0 Å². The zero-order valence-corrected chi connectivity index (χ0v) is 11.9. The van der Waals surface area contributed by atoms with Crippen LogP contribution in [0.2, 0.25) is 0 Å². The van der Waals surface area contributed by atoms with E-state index < -0.39 is 5.97 Å². The van der Waals surface area contributed by atoms with E-state index in [0.29, 0.717) is 5.92 Å². The first-order chi connectivity index (χ1) is 10.2. The first kappa shape index (κ1) is 13.8. The number of aliphatic carboxylic acids is 1. The summed E-state index contributed by atoms with van der Waals surface area (Å²) >= 11 is 0. The van der Waals surface area contributed by atoms with Crippen molar-refractivity contribution in [1.82, 2.24) is 4.90 Å². The largest absolute Gasteiger partial charge is 0.481 e. The maximum Gasteiger partial charge on any atom is 0.305 e. The highest BCUT2D eigenvalue weighted by atomic mass is 16.4. The Hall–Kier alpha value is -2.13. The molecule has 0 saturated carbocycles. The molecule has 0 aromatic heterocycles. The Bertz CT molecular complexity index is 591. The third-order valence-electron chi connectivity index (χ3n) is 4.17. The highest BCUT2D eigenvalue weighted by Gasteiger charge is 2.34. The SMILES string of the molecule is O=C(O)CC(c1ccccc1)N1CC(c2ccccc2)C1. The van der Waals surface area contributed by atoms with Crippen molar-refractivity contribution in [1.29, 1.82) is 0 Å². The van der Waals surface area contributed by atoms with E-state index in [2.05, 4.69) is 29.2 Å². The number of rotatable bonds is 5. The minimum absolute atomic E-state index is 0.0244. The van der Waals surface area contributed by atoms with Crippen molar-refractivity contribution in [3.05, 3.63) is 71.8 Å². The van der Waals surface area contributed by atoms with Crippen LogP contribution in [-0.2, 0) is 4.79 Å². The Labute approximate surface area is 124 Å². The quantitative estimate of drug-likeness (QED) is 0.914. The number of carbonyl (C=O) groups is 1. The van der Waals surface area contributed by atoms with Gasteiger partial charge in [-0.05, 0) is 11.1 Å². The van der Waals surface area contributed by atoms with Gasteiger partial charge in [-0.2, -0.15) is 0 Å². The molecule has 1 saturated heterocycles. The molecular formula is C18H19NO2. The molecule has 21 heavy (non-hydrogen) atoms. The third kappa shape index (κ3) is 3.14. The van der Waals surface area contributed by atoms with E-state index in [4.69, 9.17) is 5.11 Å². The van der Waals surface area contributed by atoms with Crippen LogP contribution in [0.3, 0.4) is 0 Å². The van der Waals surface area contributed by atoms with Crippen LogP contribution in [0.25, 0.3) is 0 Å². The van der Waals surface area contributed by atoms with E-state index in [1.165, 1.54) is 5.56 Å². The molecule has 1 aliphatic heterocycles. The summed E-state index contributed by atoms with van der Waals surface area (Å²) in [6.45, 7) is 1.85. The van der Waals surface area contributed by atoms with Gasteiger partial charge in [-0.25, -0.2) is 0 Å². The highest BCUT2D eigenvalue weighted by Crippen LogP contribution is 2.35. The number of carboxylic acids is 1. The lowest BCUT2D eigenvalue weighted by Gasteiger charge is -2.44. The second kappa shape index (κ2) is 6.10. The van der Waals surface area contributed by atoms with Crippen LogP contribution in [0.1, 0.15) is 29.5 Å². The Balaban J connectivity index is 1.71. The van der Waals surface area contributed by atoms with Crippen molar-refractivity contribution in [2.75, 3.05) is 13.1 Å². The number of benzene rings is 2. The molecule has 0 amide bonds. The predicted octanol–water partition coefficient (Wildman–Crippen LogP) is 3.30. The van der Waals surface area contributed by atoms with Gasteiger partial charge in [0.05, 0.1) is 6.42 Å². The number of nitrogens with zero attached hydrogens (tertiary/aromatic N) is 1. The van der Waals surface area contributed by atoms with Gasteiger partial charge in [0.1, 0.15) is 0 Å². The fraction of sp³-hybridized carbons (Fsp3) is 0.278. The molecule has 3 rings (SSSR count). The summed E-state index contributed by atoms with van der Waals surface area (Å²) in [4.78, 5) is 13.4. The Kier molecular flexibility index (Phi) is 4.02. The van der Waals surface area contributed by atoms with Gasteiger partial charge in [-0.3, -0.25) is 9.69 Å². The third-order valence-corrected chi connectivity index (χ3v) is 4.17. The second-order valence-corrected chi connectivity index (χ2v) is 5.59. The van der Waals surface area contributed by atoms with Gasteiger partial charge < -0.3 is 5.11 Å². The summed E-state index contributed by atoms with van der Waals surface area (Å²) in [5.41, 5.74) is 2.43. The maximum atomic E-state index is 11.2. The molecule has 2 aromatic carbocycles. The monoisotopic (exact) mass is 281 g/mol. The van der Waals surface area contributed by atoms with Gasteiger partial charge >= 0.3 is 5.97 Å². The second-order valence-electron chi connectivity index (χ2n) is 5.59. The van der Waals surface area contributed by atoms with Crippen LogP contribution < -0.4 is 0 Å². The minimum Gasteiger partial charge on any atom is -0.481 e. The molecule has 1 atom stereocenters. The Morgan fingerprint density at radius 3 is 2.19 bits per heavy atom. The minimum atomic E-state index is -0.744. The van der Waals surface area contributed by atoms with E-state index in [9.17, 15) is 4.79 Å². The van der Waals surface area contributed by atoms with Crippen LogP contribution in [0.4, 0.5) is 0 Å². The lowest BCUT2D eigenvalue weighted by Crippen LogP contribution is -2.47. The number of carboxylic acid groups (broad SMARTS) is 1. The van der Waals surface area contributed by atoms with Crippen LogP contribution >= 0.6 is 0 Å². The van der Waals surface area contributed by atoms with Crippen molar-refractivity contribution >= 4 is 5.97 Å². The van der Waals surface area contributed by atoms with Crippen molar-refractivity contribution in [2.24, 2.45) is 0 Å². The molecule has 1 fully saturated rings. The molecule has 1 heterocycles. The molecule has 0 bridgehead atoms. The summed E-state index contributed by atoms with van der Waals surface area (Å²) in [5.74, 6) is -0.224. The van der Waals surface area contributed by atoms with E-state index >= 15 is 0 Å². The van der Waals surface area contributed by atoms with Crippen LogP contribution in [0.5, 0.6) is 0 Å². The van der Waals surface area contributed by atoms with Gasteiger partial charge in [0, 0.05) is 25.0 Å². The van der Waals surface area contributed by atoms with E-state index in [-0.39, 0.29) is 12.5 Å². The van der Waals surface area contributed by atoms with Gasteiger partial charge in [0.25, 0.3) is 0 Å². The van der Waals surface area contributed by atoms with Crippen molar-refractivity contribution in [3.63, 3.8) is 0 Å².